The number of unbranched alkanes of at least 4 members (excludes halogenated alkanes) is 2. The second-order valence-electron chi connectivity index (χ2n) is 6.08. The molecule has 0 spiro atoms. The Hall–Kier alpha value is -2.79. The molecular weight excluding hydrogens is 356 g/mol. The van der Waals surface area contributed by atoms with Crippen molar-refractivity contribution in [2.24, 2.45) is 0 Å². The van der Waals surface area contributed by atoms with E-state index in [4.69, 9.17) is 10.1 Å². The van der Waals surface area contributed by atoms with Gasteiger partial charge in [-0.2, -0.15) is 0 Å². The fraction of sp³-hybridized carbons (Fsp3) is 0.182. The first-order chi connectivity index (χ1) is 13.2. The van der Waals surface area contributed by atoms with Crippen molar-refractivity contribution in [3.8, 4) is 22.5 Å². The van der Waals surface area contributed by atoms with Crippen LogP contribution in [0.3, 0.4) is 0 Å². The number of rotatable bonds is 9. The minimum atomic E-state index is -0.887. The van der Waals surface area contributed by atoms with Gasteiger partial charge >= 0.3 is 5.97 Å². The lowest BCUT2D eigenvalue weighted by molar-refractivity contribution is -0.131. The van der Waals surface area contributed by atoms with Gasteiger partial charge in [0.1, 0.15) is 0 Å². The lowest BCUT2D eigenvalue weighted by atomic mass is 10.1. The fourth-order valence-electron chi connectivity index (χ4n) is 2.76. The molecule has 0 unspecified atom stereocenters. The zero-order valence-corrected chi connectivity index (χ0v) is 15.8. The summed E-state index contributed by atoms with van der Waals surface area (Å²) in [4.78, 5) is 18.7. The second kappa shape index (κ2) is 9.78. The normalized spacial score (nSPS) is 11.1. The Bertz CT molecular complexity index is 832. The summed E-state index contributed by atoms with van der Waals surface area (Å²) in [7, 11) is 0. The molecule has 5 heteroatoms. The topological polar surface area (TPSA) is 66.0 Å². The Labute approximate surface area is 163 Å². The highest BCUT2D eigenvalue weighted by atomic mass is 32.2. The molecule has 0 atom stereocenters. The van der Waals surface area contributed by atoms with Gasteiger partial charge in [0.05, 0.1) is 11.4 Å². The molecule has 3 rings (SSSR count). The maximum absolute atomic E-state index is 10.4. The first-order valence-electron chi connectivity index (χ1n) is 8.97. The number of allylic oxidation sites excluding steroid dienone is 1. The SMILES string of the molecule is O=C(O)C=CCCCCSc1nc(-c2ccccc2)c(-c2ccccc2)[nH]1. The molecule has 0 radical (unpaired) electrons. The Morgan fingerprint density at radius 3 is 2.33 bits per heavy atom. The summed E-state index contributed by atoms with van der Waals surface area (Å²) < 4.78 is 0. The van der Waals surface area contributed by atoms with E-state index in [1.54, 1.807) is 17.8 Å². The van der Waals surface area contributed by atoms with Crippen LogP contribution < -0.4 is 0 Å². The minimum absolute atomic E-state index is 0.787. The molecule has 0 bridgehead atoms. The highest BCUT2D eigenvalue weighted by Crippen LogP contribution is 2.32. The summed E-state index contributed by atoms with van der Waals surface area (Å²) in [5.41, 5.74) is 4.22. The van der Waals surface area contributed by atoms with Crippen molar-refractivity contribution in [3.05, 3.63) is 72.8 Å². The number of benzene rings is 2. The zero-order valence-electron chi connectivity index (χ0n) is 15.0. The molecule has 0 amide bonds. The van der Waals surface area contributed by atoms with Crippen LogP contribution in [0.15, 0.2) is 78.0 Å². The molecule has 4 nitrogen and oxygen atoms in total. The van der Waals surface area contributed by atoms with E-state index in [2.05, 4.69) is 29.2 Å². The Morgan fingerprint density at radius 1 is 1.00 bits per heavy atom. The zero-order chi connectivity index (χ0) is 18.9. The summed E-state index contributed by atoms with van der Waals surface area (Å²) in [6.45, 7) is 0. The number of carboxylic acid groups (broad SMARTS) is 1. The quantitative estimate of drug-likeness (QED) is 0.287. The van der Waals surface area contributed by atoms with Crippen molar-refractivity contribution in [2.45, 2.75) is 24.4 Å². The molecule has 2 aromatic carbocycles. The van der Waals surface area contributed by atoms with E-state index < -0.39 is 5.97 Å². The van der Waals surface area contributed by atoms with E-state index in [0.717, 1.165) is 52.7 Å². The molecule has 0 fully saturated rings. The third-order valence-electron chi connectivity index (χ3n) is 4.06. The fourth-order valence-corrected chi connectivity index (χ4v) is 3.63. The first-order valence-corrected chi connectivity index (χ1v) is 9.95. The van der Waals surface area contributed by atoms with E-state index in [1.807, 2.05) is 36.4 Å². The molecule has 0 aliphatic rings. The average molecular weight is 378 g/mol. The lowest BCUT2D eigenvalue weighted by Crippen LogP contribution is -1.86. The van der Waals surface area contributed by atoms with Gasteiger partial charge in [0.15, 0.2) is 5.16 Å². The molecule has 27 heavy (non-hydrogen) atoms. The first kappa shape index (κ1) is 19.0. The van der Waals surface area contributed by atoms with Gasteiger partial charge in [0.2, 0.25) is 0 Å². The summed E-state index contributed by atoms with van der Waals surface area (Å²) in [6.07, 6.45) is 5.68. The monoisotopic (exact) mass is 378 g/mol. The smallest absolute Gasteiger partial charge is 0.327 e. The summed E-state index contributed by atoms with van der Waals surface area (Å²) >= 11 is 1.70. The Kier molecular flexibility index (Phi) is 6.88. The van der Waals surface area contributed by atoms with Gasteiger partial charge < -0.3 is 10.1 Å². The molecule has 2 N–H and O–H groups in total. The van der Waals surface area contributed by atoms with Crippen molar-refractivity contribution in [2.75, 3.05) is 5.75 Å². The van der Waals surface area contributed by atoms with Crippen molar-refractivity contribution >= 4 is 17.7 Å². The largest absolute Gasteiger partial charge is 0.478 e. The van der Waals surface area contributed by atoms with Gasteiger partial charge in [-0.25, -0.2) is 9.78 Å². The Balaban J connectivity index is 1.68. The number of thioether (sulfide) groups is 1. The maximum Gasteiger partial charge on any atom is 0.327 e. The third-order valence-corrected chi connectivity index (χ3v) is 5.02. The molecule has 1 aromatic heterocycles. The second-order valence-corrected chi connectivity index (χ2v) is 7.17. The molecule has 1 heterocycles. The molecule has 0 aliphatic carbocycles. The van der Waals surface area contributed by atoms with Crippen LogP contribution in [0, 0.1) is 0 Å². The van der Waals surface area contributed by atoms with Crippen molar-refractivity contribution in [1.29, 1.82) is 0 Å². The number of carboxylic acids is 1. The van der Waals surface area contributed by atoms with Crippen LogP contribution in [0.5, 0.6) is 0 Å². The van der Waals surface area contributed by atoms with Gasteiger partial charge in [-0.3, -0.25) is 0 Å². The molecule has 138 valence electrons. The minimum Gasteiger partial charge on any atom is -0.478 e. The number of aromatic amines is 1. The van der Waals surface area contributed by atoms with Crippen LogP contribution in [-0.4, -0.2) is 26.8 Å². The van der Waals surface area contributed by atoms with Crippen molar-refractivity contribution < 1.29 is 9.90 Å². The van der Waals surface area contributed by atoms with Crippen LogP contribution in [0.1, 0.15) is 19.3 Å². The van der Waals surface area contributed by atoms with E-state index in [-0.39, 0.29) is 0 Å². The molecule has 0 saturated carbocycles. The van der Waals surface area contributed by atoms with E-state index >= 15 is 0 Å². The molecule has 0 aliphatic heterocycles. The van der Waals surface area contributed by atoms with Crippen molar-refractivity contribution in [1.82, 2.24) is 9.97 Å². The summed E-state index contributed by atoms with van der Waals surface area (Å²) in [5, 5.41) is 9.49. The average Bonchev–Trinajstić information content (AvgIpc) is 3.13. The van der Waals surface area contributed by atoms with Crippen LogP contribution in [0.25, 0.3) is 22.5 Å². The van der Waals surface area contributed by atoms with Gasteiger partial charge in [0, 0.05) is 23.0 Å². The van der Waals surface area contributed by atoms with Crippen LogP contribution in [0.4, 0.5) is 0 Å². The van der Waals surface area contributed by atoms with Gasteiger partial charge in [0.25, 0.3) is 0 Å². The number of nitrogens with one attached hydrogen (secondary N) is 1. The number of hydrogen-bond acceptors (Lipinski definition) is 3. The lowest BCUT2D eigenvalue weighted by Gasteiger charge is -2.02. The standard InChI is InChI=1S/C22H22N2O2S/c25-19(26)15-9-1-2-10-16-27-22-23-20(17-11-5-3-6-12-17)21(24-22)18-13-7-4-8-14-18/h3-9,11-15H,1-2,10,16H2,(H,23,24)(H,25,26). The Morgan fingerprint density at radius 2 is 1.67 bits per heavy atom. The number of carbonyl (C=O) groups is 1. The third kappa shape index (κ3) is 5.59. The molecule has 3 aromatic rings. The molecular formula is C22H22N2O2S. The summed E-state index contributed by atoms with van der Waals surface area (Å²) in [6, 6.07) is 20.4. The number of hydrogen-bond donors (Lipinski definition) is 2. The van der Waals surface area contributed by atoms with Crippen LogP contribution in [-0.2, 0) is 4.79 Å². The highest BCUT2D eigenvalue weighted by molar-refractivity contribution is 7.99. The highest BCUT2D eigenvalue weighted by Gasteiger charge is 2.14. The number of aliphatic carboxylic acids is 1. The predicted molar refractivity (Wildman–Crippen MR) is 111 cm³/mol. The van der Waals surface area contributed by atoms with E-state index in [0.29, 0.717) is 0 Å². The van der Waals surface area contributed by atoms with Gasteiger partial charge in [-0.05, 0) is 19.3 Å². The van der Waals surface area contributed by atoms with Crippen molar-refractivity contribution in [3.63, 3.8) is 0 Å². The van der Waals surface area contributed by atoms with Crippen LogP contribution in [0.2, 0.25) is 0 Å². The van der Waals surface area contributed by atoms with E-state index in [9.17, 15) is 4.79 Å². The van der Waals surface area contributed by atoms with Gasteiger partial charge in [-0.15, -0.1) is 0 Å². The van der Waals surface area contributed by atoms with Crippen LogP contribution >= 0.6 is 11.8 Å². The number of nitrogens with zero attached hydrogens (tertiary/aromatic N) is 1. The number of H-pyrrole nitrogens is 1. The predicted octanol–water partition coefficient (Wildman–Crippen LogP) is 5.65. The number of imidazole rings is 1. The maximum atomic E-state index is 10.4. The van der Waals surface area contributed by atoms with Gasteiger partial charge in [-0.1, -0.05) is 78.5 Å². The van der Waals surface area contributed by atoms with E-state index in [1.165, 1.54) is 6.08 Å². The molecule has 0 saturated heterocycles. The summed E-state index contributed by atoms with van der Waals surface area (Å²) in [5.74, 6) is 0.0542. The number of aromatic nitrogens is 2.